The Morgan fingerprint density at radius 1 is 1.36 bits per heavy atom. The highest BCUT2D eigenvalue weighted by Gasteiger charge is 2.54. The predicted octanol–water partition coefficient (Wildman–Crippen LogP) is 1.54. The molecule has 2 saturated heterocycles. The number of hydrogen-bond acceptors (Lipinski definition) is 5. The molecule has 2 bridgehead atoms. The molecule has 1 amide bonds. The van der Waals surface area contributed by atoms with Crippen molar-refractivity contribution in [3.05, 3.63) is 29.6 Å². The van der Waals surface area contributed by atoms with E-state index < -0.39 is 5.91 Å². The first kappa shape index (κ1) is 16.9. The minimum absolute atomic E-state index is 0.318. The molecule has 1 saturated carbocycles. The van der Waals surface area contributed by atoms with Gasteiger partial charge in [0, 0.05) is 50.9 Å². The van der Waals surface area contributed by atoms with Crippen LogP contribution in [0.5, 0.6) is 0 Å². The third-order valence-electron chi connectivity index (χ3n) is 6.45. The van der Waals surface area contributed by atoms with Crippen molar-refractivity contribution >= 4 is 5.91 Å². The zero-order valence-corrected chi connectivity index (χ0v) is 14.8. The highest BCUT2D eigenvalue weighted by atomic mass is 16.5. The lowest BCUT2D eigenvalue weighted by Gasteiger charge is -2.56. The van der Waals surface area contributed by atoms with Gasteiger partial charge in [-0.3, -0.25) is 14.7 Å². The number of amides is 1. The fourth-order valence-corrected chi connectivity index (χ4v) is 5.31. The lowest BCUT2D eigenvalue weighted by Crippen LogP contribution is -2.61. The summed E-state index contributed by atoms with van der Waals surface area (Å²) in [5.41, 5.74) is 6.48. The topological polar surface area (TPSA) is 77.7 Å². The number of hydrogen-bond donors (Lipinski definition) is 1. The molecule has 3 heterocycles. The molecule has 0 radical (unpaired) electrons. The number of aromatic nitrogens is 1. The van der Waals surface area contributed by atoms with Crippen LogP contribution in [0.3, 0.4) is 0 Å². The molecule has 4 atom stereocenters. The van der Waals surface area contributed by atoms with Crippen molar-refractivity contribution in [2.45, 2.75) is 37.3 Å². The molecule has 6 heteroatoms. The van der Waals surface area contributed by atoms with Gasteiger partial charge in [-0.25, -0.2) is 0 Å². The summed E-state index contributed by atoms with van der Waals surface area (Å²) in [6.45, 7) is 3.76. The number of carbonyl (C=O) groups is 1. The molecule has 3 fully saturated rings. The predicted molar refractivity (Wildman–Crippen MR) is 93.1 cm³/mol. The zero-order valence-electron chi connectivity index (χ0n) is 14.8. The number of pyridine rings is 1. The number of piperidine rings is 1. The Morgan fingerprint density at radius 3 is 2.72 bits per heavy atom. The highest BCUT2D eigenvalue weighted by molar-refractivity contribution is 5.90. The first-order valence-corrected chi connectivity index (χ1v) is 9.28. The van der Waals surface area contributed by atoms with Crippen molar-refractivity contribution in [2.75, 3.05) is 33.4 Å². The highest BCUT2D eigenvalue weighted by Crippen LogP contribution is 2.52. The fourth-order valence-electron chi connectivity index (χ4n) is 5.31. The van der Waals surface area contributed by atoms with Crippen LogP contribution in [0.15, 0.2) is 18.3 Å². The zero-order chi connectivity index (χ0) is 17.4. The van der Waals surface area contributed by atoms with Crippen molar-refractivity contribution in [2.24, 2.45) is 17.6 Å². The van der Waals surface area contributed by atoms with Gasteiger partial charge in [0.2, 0.25) is 0 Å². The molecule has 0 spiro atoms. The van der Waals surface area contributed by atoms with E-state index >= 15 is 0 Å². The third-order valence-corrected chi connectivity index (χ3v) is 6.45. The Balaban J connectivity index is 1.69. The van der Waals surface area contributed by atoms with Crippen LogP contribution in [0.25, 0.3) is 0 Å². The van der Waals surface area contributed by atoms with Gasteiger partial charge in [-0.15, -0.1) is 0 Å². The van der Waals surface area contributed by atoms with Gasteiger partial charge in [-0.2, -0.15) is 0 Å². The lowest BCUT2D eigenvalue weighted by atomic mass is 9.62. The Bertz CT molecular complexity index is 631. The van der Waals surface area contributed by atoms with E-state index in [4.69, 9.17) is 15.2 Å². The van der Waals surface area contributed by atoms with E-state index in [-0.39, 0.29) is 5.60 Å². The van der Waals surface area contributed by atoms with Crippen LogP contribution in [0, 0.1) is 11.8 Å². The van der Waals surface area contributed by atoms with E-state index in [0.717, 1.165) is 51.1 Å². The van der Waals surface area contributed by atoms with Gasteiger partial charge in [0.25, 0.3) is 5.91 Å². The average Bonchev–Trinajstić information content (AvgIpc) is 3.15. The van der Waals surface area contributed by atoms with E-state index in [1.807, 2.05) is 19.2 Å². The second kappa shape index (κ2) is 6.67. The van der Waals surface area contributed by atoms with Crippen molar-refractivity contribution in [3.63, 3.8) is 0 Å². The summed E-state index contributed by atoms with van der Waals surface area (Å²) in [6, 6.07) is 4.37. The summed E-state index contributed by atoms with van der Waals surface area (Å²) >= 11 is 0. The van der Waals surface area contributed by atoms with E-state index in [1.54, 1.807) is 6.20 Å². The molecule has 6 nitrogen and oxygen atoms in total. The number of nitrogens with two attached hydrogens (primary N) is 1. The van der Waals surface area contributed by atoms with Gasteiger partial charge in [-0.1, -0.05) is 6.42 Å². The smallest absolute Gasteiger partial charge is 0.267 e. The van der Waals surface area contributed by atoms with Crippen molar-refractivity contribution in [1.82, 2.24) is 9.88 Å². The number of rotatable bonds is 4. The van der Waals surface area contributed by atoms with E-state index in [1.165, 1.54) is 6.42 Å². The van der Waals surface area contributed by atoms with Crippen molar-refractivity contribution in [3.8, 4) is 0 Å². The van der Waals surface area contributed by atoms with Crippen LogP contribution < -0.4 is 5.73 Å². The Morgan fingerprint density at radius 2 is 2.12 bits per heavy atom. The van der Waals surface area contributed by atoms with Crippen molar-refractivity contribution in [1.29, 1.82) is 0 Å². The molecule has 2 N–H and O–H groups in total. The number of primary amides is 1. The quantitative estimate of drug-likeness (QED) is 0.896. The lowest BCUT2D eigenvalue weighted by molar-refractivity contribution is -0.174. The number of methoxy groups -OCH3 is 1. The van der Waals surface area contributed by atoms with E-state index in [2.05, 4.69) is 9.88 Å². The molecular formula is C19H27N3O3. The largest absolute Gasteiger partial charge is 0.380 e. The Kier molecular flexibility index (Phi) is 4.52. The normalized spacial score (nSPS) is 35.6. The molecule has 0 aromatic carbocycles. The number of fused-ring (bicyclic) bond motifs is 2. The number of likely N-dealkylation sites (tertiary alicyclic amines) is 1. The number of ether oxygens (including phenoxy) is 2. The number of carbonyl (C=O) groups excluding carboxylic acids is 1. The van der Waals surface area contributed by atoms with Crippen LogP contribution in [0.2, 0.25) is 0 Å². The Labute approximate surface area is 148 Å². The molecule has 2 aliphatic heterocycles. The van der Waals surface area contributed by atoms with Crippen LogP contribution in [0.4, 0.5) is 0 Å². The Hall–Kier alpha value is -1.50. The van der Waals surface area contributed by atoms with Gasteiger partial charge in [0.05, 0.1) is 6.61 Å². The maximum Gasteiger partial charge on any atom is 0.267 e. The minimum Gasteiger partial charge on any atom is -0.380 e. The van der Waals surface area contributed by atoms with Crippen molar-refractivity contribution < 1.29 is 14.3 Å². The molecule has 136 valence electrons. The second-order valence-corrected chi connectivity index (χ2v) is 7.59. The SMILES string of the molecule is COC1(c2ccnc(C(N)=O)c2)[C@@H]2CCC[C@H]1CN(C1CCOC1)C2. The van der Waals surface area contributed by atoms with Gasteiger partial charge in [0.1, 0.15) is 11.3 Å². The average molecular weight is 345 g/mol. The molecule has 4 rings (SSSR count). The maximum absolute atomic E-state index is 11.6. The molecule has 1 aromatic heterocycles. The van der Waals surface area contributed by atoms with Gasteiger partial charge in [0.15, 0.2) is 0 Å². The molecule has 1 aromatic rings. The first-order chi connectivity index (χ1) is 12.1. The van der Waals surface area contributed by atoms with E-state index in [0.29, 0.717) is 23.6 Å². The summed E-state index contributed by atoms with van der Waals surface area (Å²) < 4.78 is 11.8. The van der Waals surface area contributed by atoms with Gasteiger partial charge in [-0.05, 0) is 37.0 Å². The minimum atomic E-state index is -0.487. The van der Waals surface area contributed by atoms with Gasteiger partial charge >= 0.3 is 0 Å². The summed E-state index contributed by atoms with van der Waals surface area (Å²) in [5, 5.41) is 0. The van der Waals surface area contributed by atoms with E-state index in [9.17, 15) is 4.79 Å². The second-order valence-electron chi connectivity index (χ2n) is 7.59. The van der Waals surface area contributed by atoms with Crippen LogP contribution in [-0.4, -0.2) is 55.2 Å². The standard InChI is InChI=1S/C19H27N3O3/c1-24-19(13-5-7-21-17(9-13)18(20)23)14-3-2-4-15(19)11-22(10-14)16-6-8-25-12-16/h5,7,9,14-16H,2-4,6,8,10-12H2,1H3,(H2,20,23)/t14-,15+,16?,19?. The maximum atomic E-state index is 11.6. The third kappa shape index (κ3) is 2.76. The molecule has 1 aliphatic carbocycles. The summed E-state index contributed by atoms with van der Waals surface area (Å²) in [4.78, 5) is 18.3. The summed E-state index contributed by atoms with van der Waals surface area (Å²) in [7, 11) is 1.81. The van der Waals surface area contributed by atoms with Crippen LogP contribution >= 0.6 is 0 Å². The van der Waals surface area contributed by atoms with Gasteiger partial charge < -0.3 is 15.2 Å². The monoisotopic (exact) mass is 345 g/mol. The molecule has 2 unspecified atom stereocenters. The fraction of sp³-hybridized carbons (Fsp3) is 0.684. The molecule has 3 aliphatic rings. The number of nitrogens with zero attached hydrogens (tertiary/aromatic N) is 2. The molecule has 25 heavy (non-hydrogen) atoms. The van der Waals surface area contributed by atoms with Crippen LogP contribution in [0.1, 0.15) is 41.7 Å². The molecular weight excluding hydrogens is 318 g/mol. The van der Waals surface area contributed by atoms with Crippen LogP contribution in [-0.2, 0) is 15.1 Å². The summed E-state index contributed by atoms with van der Waals surface area (Å²) in [6.07, 6.45) is 6.33. The first-order valence-electron chi connectivity index (χ1n) is 9.28. The summed E-state index contributed by atoms with van der Waals surface area (Å²) in [5.74, 6) is 0.334.